The fraction of sp³-hybridized carbons (Fsp3) is 0.444. The highest BCUT2D eigenvalue weighted by Gasteiger charge is 2.63. The zero-order valence-electron chi connectivity index (χ0n) is 13.9. The minimum absolute atomic E-state index is 0.420. The second-order valence-electron chi connectivity index (χ2n) is 7.10. The van der Waals surface area contributed by atoms with Crippen LogP contribution < -0.4 is 10.1 Å². The van der Waals surface area contributed by atoms with Gasteiger partial charge in [0.2, 0.25) is 0 Å². The van der Waals surface area contributed by atoms with Gasteiger partial charge in [0.15, 0.2) is 5.11 Å². The lowest BCUT2D eigenvalue weighted by atomic mass is 9.98. The number of hydrogen-bond acceptors (Lipinski definition) is 3. The third kappa shape index (κ3) is 2.02. The van der Waals surface area contributed by atoms with E-state index in [9.17, 15) is 0 Å². The van der Waals surface area contributed by atoms with E-state index < -0.39 is 0 Å². The number of hydrogen-bond donors (Lipinski definition) is 1. The maximum Gasteiger partial charge on any atom is 0.198 e. The summed E-state index contributed by atoms with van der Waals surface area (Å²) >= 11 is 5.61. The molecule has 0 bridgehead atoms. The topological polar surface area (TPSA) is 39.1 Å². The Bertz CT molecular complexity index is 809. The number of anilines is 1. The summed E-state index contributed by atoms with van der Waals surface area (Å²) in [5, 5.41) is 8.59. The highest BCUT2D eigenvalue weighted by Crippen LogP contribution is 2.70. The molecule has 0 radical (unpaired) electrons. The lowest BCUT2D eigenvalue weighted by Crippen LogP contribution is -2.23. The summed E-state index contributed by atoms with van der Waals surface area (Å²) in [6.07, 6.45) is 1.07. The zero-order chi connectivity index (χ0) is 16.4. The predicted molar refractivity (Wildman–Crippen MR) is 95.3 cm³/mol. The number of methoxy groups -OCH3 is 1. The molecule has 1 fully saturated rings. The van der Waals surface area contributed by atoms with E-state index in [0.29, 0.717) is 16.4 Å². The molecule has 4 rings (SSSR count). The molecule has 1 heterocycles. The molecule has 0 amide bonds. The summed E-state index contributed by atoms with van der Waals surface area (Å²) in [6.45, 7) is 6.80. The van der Waals surface area contributed by atoms with E-state index in [-0.39, 0.29) is 0 Å². The predicted octanol–water partition coefficient (Wildman–Crippen LogP) is 3.74. The Kier molecular flexibility index (Phi) is 3.07. The van der Waals surface area contributed by atoms with Gasteiger partial charge in [-0.25, -0.2) is 4.68 Å². The number of aromatic nitrogens is 2. The van der Waals surface area contributed by atoms with Crippen molar-refractivity contribution in [3.63, 3.8) is 0 Å². The first-order valence-corrected chi connectivity index (χ1v) is 8.38. The van der Waals surface area contributed by atoms with E-state index in [1.54, 1.807) is 7.11 Å². The van der Waals surface area contributed by atoms with Gasteiger partial charge in [-0.1, -0.05) is 26.0 Å². The van der Waals surface area contributed by atoms with Gasteiger partial charge in [-0.3, -0.25) is 0 Å². The van der Waals surface area contributed by atoms with Crippen LogP contribution in [0.25, 0.3) is 0 Å². The van der Waals surface area contributed by atoms with Gasteiger partial charge < -0.3 is 10.1 Å². The molecule has 1 aromatic heterocycles. The van der Waals surface area contributed by atoms with E-state index in [1.165, 1.54) is 11.3 Å². The normalized spacial score (nSPS) is 23.1. The number of ether oxygens (including phenoxy) is 1. The third-order valence-electron chi connectivity index (χ3n) is 5.52. The van der Waals surface area contributed by atoms with Crippen LogP contribution in [0.5, 0.6) is 5.75 Å². The Morgan fingerprint density at radius 2 is 2.13 bits per heavy atom. The van der Waals surface area contributed by atoms with E-state index in [1.807, 2.05) is 28.9 Å². The van der Waals surface area contributed by atoms with Crippen LogP contribution in [0.4, 0.5) is 5.69 Å². The Morgan fingerprint density at radius 1 is 1.39 bits per heavy atom. The highest BCUT2D eigenvalue weighted by atomic mass is 32.1. The Balaban J connectivity index is 1.64. The Hall–Kier alpha value is -1.88. The minimum Gasteiger partial charge on any atom is -0.495 e. The summed E-state index contributed by atoms with van der Waals surface area (Å²) in [6, 6.07) is 7.78. The summed E-state index contributed by atoms with van der Waals surface area (Å²) in [5.74, 6) is 2.18. The average Bonchev–Trinajstić information content (AvgIpc) is 2.86. The number of thiocarbonyl (C=S) groups is 1. The van der Waals surface area contributed by atoms with Crippen molar-refractivity contribution in [3.8, 4) is 5.75 Å². The van der Waals surface area contributed by atoms with Crippen LogP contribution in [0.1, 0.15) is 36.7 Å². The van der Waals surface area contributed by atoms with Gasteiger partial charge in [0, 0.05) is 5.56 Å². The fourth-order valence-electron chi connectivity index (χ4n) is 4.18. The van der Waals surface area contributed by atoms with E-state index in [0.717, 1.165) is 29.5 Å². The quantitative estimate of drug-likeness (QED) is 0.853. The van der Waals surface area contributed by atoms with Gasteiger partial charge in [0.25, 0.3) is 0 Å². The van der Waals surface area contributed by atoms with Crippen LogP contribution in [0.3, 0.4) is 0 Å². The molecule has 2 aliphatic carbocycles. The number of nitrogens with one attached hydrogen (secondary N) is 1. The van der Waals surface area contributed by atoms with Crippen molar-refractivity contribution in [2.24, 2.45) is 11.3 Å². The smallest absolute Gasteiger partial charge is 0.198 e. The van der Waals surface area contributed by atoms with Crippen LogP contribution in [-0.4, -0.2) is 22.0 Å². The van der Waals surface area contributed by atoms with Crippen LogP contribution in [0.2, 0.25) is 0 Å². The first-order chi connectivity index (χ1) is 10.9. The maximum absolute atomic E-state index is 5.61. The van der Waals surface area contributed by atoms with Crippen molar-refractivity contribution >= 4 is 23.0 Å². The van der Waals surface area contributed by atoms with Crippen LogP contribution in [0, 0.1) is 18.3 Å². The number of benzene rings is 1. The maximum atomic E-state index is 5.61. The molecule has 0 saturated heterocycles. The monoisotopic (exact) mass is 327 g/mol. The summed E-state index contributed by atoms with van der Waals surface area (Å²) in [7, 11) is 1.66. The van der Waals surface area contributed by atoms with Gasteiger partial charge in [-0.2, -0.15) is 5.10 Å². The van der Waals surface area contributed by atoms with E-state index >= 15 is 0 Å². The lowest BCUT2D eigenvalue weighted by molar-refractivity contribution is 0.417. The van der Waals surface area contributed by atoms with Gasteiger partial charge in [0.1, 0.15) is 5.75 Å². The molecule has 4 nitrogen and oxygen atoms in total. The number of fused-ring (bicyclic) bond motifs is 3. The van der Waals surface area contributed by atoms with Crippen LogP contribution in [-0.2, 0) is 6.42 Å². The summed E-state index contributed by atoms with van der Waals surface area (Å²) in [5.41, 5.74) is 5.10. The molecule has 2 aromatic rings. The summed E-state index contributed by atoms with van der Waals surface area (Å²) < 4.78 is 7.29. The first kappa shape index (κ1) is 14.7. The standard InChI is InChI=1S/C18H21N3OS/c1-10-15-13(9-11-16(15)18(11,2)3)21(20-10)17(23)19-12-7-5-6-8-14(12)22-4/h5-8,11,16H,9H2,1-4H3,(H,19,23). The Morgan fingerprint density at radius 3 is 2.87 bits per heavy atom. The van der Waals surface area contributed by atoms with Crippen molar-refractivity contribution in [1.82, 2.24) is 9.78 Å². The average molecular weight is 327 g/mol. The van der Waals surface area contributed by atoms with Crippen molar-refractivity contribution in [2.45, 2.75) is 33.1 Å². The molecule has 0 spiro atoms. The summed E-state index contributed by atoms with van der Waals surface area (Å²) in [4.78, 5) is 0. The van der Waals surface area contributed by atoms with Crippen molar-refractivity contribution in [3.05, 3.63) is 41.2 Å². The van der Waals surface area contributed by atoms with Crippen molar-refractivity contribution in [1.29, 1.82) is 0 Å². The second-order valence-corrected chi connectivity index (χ2v) is 7.48. The SMILES string of the molecule is COc1ccccc1NC(=S)n1nc(C)c2c1CC1C2C1(C)C. The molecule has 1 aromatic carbocycles. The number of aryl methyl sites for hydroxylation is 1. The molecule has 5 heteroatoms. The van der Waals surface area contributed by atoms with Gasteiger partial charge in [-0.15, -0.1) is 0 Å². The van der Waals surface area contributed by atoms with Crippen LogP contribution >= 0.6 is 12.2 Å². The number of nitrogens with zero attached hydrogens (tertiary/aromatic N) is 2. The zero-order valence-corrected chi connectivity index (χ0v) is 14.7. The minimum atomic E-state index is 0.420. The molecule has 2 unspecified atom stereocenters. The first-order valence-electron chi connectivity index (χ1n) is 7.98. The van der Waals surface area contributed by atoms with Crippen LogP contribution in [0.15, 0.2) is 24.3 Å². The lowest BCUT2D eigenvalue weighted by Gasteiger charge is -2.14. The third-order valence-corrected chi connectivity index (χ3v) is 5.80. The Labute approximate surface area is 141 Å². The largest absolute Gasteiger partial charge is 0.495 e. The molecule has 2 atom stereocenters. The fourth-order valence-corrected chi connectivity index (χ4v) is 4.44. The molecule has 120 valence electrons. The van der Waals surface area contributed by atoms with Crippen molar-refractivity contribution < 1.29 is 4.74 Å². The highest BCUT2D eigenvalue weighted by molar-refractivity contribution is 7.80. The number of para-hydroxylation sites is 2. The number of rotatable bonds is 2. The molecule has 1 N–H and O–H groups in total. The van der Waals surface area contributed by atoms with Gasteiger partial charge in [-0.05, 0) is 54.9 Å². The van der Waals surface area contributed by atoms with Gasteiger partial charge in [0.05, 0.1) is 24.2 Å². The molecule has 2 aliphatic rings. The van der Waals surface area contributed by atoms with E-state index in [4.69, 9.17) is 22.1 Å². The molecule has 0 aliphatic heterocycles. The molecule has 1 saturated carbocycles. The molecular weight excluding hydrogens is 306 g/mol. The van der Waals surface area contributed by atoms with Crippen molar-refractivity contribution in [2.75, 3.05) is 12.4 Å². The second kappa shape index (κ2) is 4.81. The molecular formula is C18H21N3OS. The van der Waals surface area contributed by atoms with Gasteiger partial charge >= 0.3 is 0 Å². The molecule has 23 heavy (non-hydrogen) atoms. The van der Waals surface area contributed by atoms with E-state index in [2.05, 4.69) is 26.1 Å².